The molecule has 0 saturated heterocycles. The molecule has 0 aromatic carbocycles. The van der Waals surface area contributed by atoms with Crippen molar-refractivity contribution in [2.24, 2.45) is 0 Å². The van der Waals surface area contributed by atoms with E-state index >= 15 is 0 Å². The highest BCUT2D eigenvalue weighted by Gasteiger charge is 2.20. The Bertz CT molecular complexity index is 305. The summed E-state index contributed by atoms with van der Waals surface area (Å²) < 4.78 is 14.3. The highest BCUT2D eigenvalue weighted by atomic mass is 16.6. The van der Waals surface area contributed by atoms with Crippen LogP contribution in [-0.4, -0.2) is 24.8 Å². The number of carbonyl (C=O) groups is 1. The summed E-state index contributed by atoms with van der Waals surface area (Å²) in [6.45, 7) is 3.71. The second-order valence-electron chi connectivity index (χ2n) is 2.37. The summed E-state index contributed by atoms with van der Waals surface area (Å²) in [7, 11) is 1.46. The van der Waals surface area contributed by atoms with Gasteiger partial charge >= 0.3 is 5.97 Å². The van der Waals surface area contributed by atoms with Gasteiger partial charge in [-0.05, 0) is 19.0 Å². The van der Waals surface area contributed by atoms with Crippen molar-refractivity contribution in [1.29, 1.82) is 0 Å². The molecule has 5 heteroatoms. The number of methoxy groups -OCH3 is 1. The maximum absolute atomic E-state index is 11.2. The van der Waals surface area contributed by atoms with Gasteiger partial charge in [-0.15, -0.1) is 0 Å². The lowest BCUT2D eigenvalue weighted by Gasteiger charge is -1.97. The van der Waals surface area contributed by atoms with Gasteiger partial charge in [-0.25, -0.2) is 4.79 Å². The molecule has 0 amide bonds. The molecule has 0 spiro atoms. The second kappa shape index (κ2) is 3.93. The summed E-state index contributed by atoms with van der Waals surface area (Å²) in [5, 5.41) is 3.54. The topological polar surface area (TPSA) is 61.6 Å². The third kappa shape index (κ3) is 1.80. The van der Waals surface area contributed by atoms with E-state index in [1.54, 1.807) is 13.8 Å². The SMILES string of the molecule is CCOC(=O)c1onc(OC)c1C. The number of rotatable bonds is 3. The summed E-state index contributed by atoms with van der Waals surface area (Å²) >= 11 is 0. The number of carbonyl (C=O) groups excluding carboxylic acids is 1. The number of aromatic nitrogens is 1. The minimum Gasteiger partial charge on any atom is -0.479 e. The molecule has 13 heavy (non-hydrogen) atoms. The average Bonchev–Trinajstić information content (AvgIpc) is 2.47. The van der Waals surface area contributed by atoms with Gasteiger partial charge in [0.25, 0.3) is 11.6 Å². The highest BCUT2D eigenvalue weighted by molar-refractivity contribution is 5.88. The molecule has 72 valence electrons. The largest absolute Gasteiger partial charge is 0.479 e. The maximum Gasteiger partial charge on any atom is 0.377 e. The average molecular weight is 185 g/mol. The van der Waals surface area contributed by atoms with Gasteiger partial charge in [0, 0.05) is 0 Å². The van der Waals surface area contributed by atoms with Gasteiger partial charge < -0.3 is 14.0 Å². The zero-order valence-electron chi connectivity index (χ0n) is 7.79. The summed E-state index contributed by atoms with van der Waals surface area (Å²) in [5.74, 6) is -0.113. The molecule has 0 unspecified atom stereocenters. The standard InChI is InChI=1S/C8H11NO4/c1-4-12-8(10)6-5(2)7(11-3)9-13-6/h4H2,1-3H3. The van der Waals surface area contributed by atoms with Crippen LogP contribution < -0.4 is 4.74 Å². The van der Waals surface area contributed by atoms with Crippen molar-refractivity contribution in [2.45, 2.75) is 13.8 Å². The first-order chi connectivity index (χ1) is 6.20. The van der Waals surface area contributed by atoms with Crippen LogP contribution >= 0.6 is 0 Å². The van der Waals surface area contributed by atoms with Gasteiger partial charge in [-0.3, -0.25) is 0 Å². The Balaban J connectivity index is 2.89. The fourth-order valence-electron chi connectivity index (χ4n) is 0.899. The molecule has 0 aliphatic heterocycles. The Kier molecular flexibility index (Phi) is 2.89. The molecule has 0 saturated carbocycles. The van der Waals surface area contributed by atoms with Crippen LogP contribution in [0.25, 0.3) is 0 Å². The lowest BCUT2D eigenvalue weighted by atomic mass is 10.3. The van der Waals surface area contributed by atoms with Gasteiger partial charge in [-0.2, -0.15) is 0 Å². The molecule has 0 aliphatic carbocycles. The molecule has 0 N–H and O–H groups in total. The molecule has 1 aromatic rings. The molecule has 0 bridgehead atoms. The Labute approximate surface area is 75.6 Å². The van der Waals surface area contributed by atoms with E-state index in [4.69, 9.17) is 14.0 Å². The minimum atomic E-state index is -0.518. The molecule has 1 rings (SSSR count). The quantitative estimate of drug-likeness (QED) is 0.661. The van der Waals surface area contributed by atoms with Crippen LogP contribution in [0, 0.1) is 6.92 Å². The molecular formula is C8H11NO4. The molecule has 0 radical (unpaired) electrons. The van der Waals surface area contributed by atoms with Gasteiger partial charge in [-0.1, -0.05) is 0 Å². The Hall–Kier alpha value is -1.52. The van der Waals surface area contributed by atoms with Gasteiger partial charge in [0.1, 0.15) is 0 Å². The molecule has 0 aliphatic rings. The van der Waals surface area contributed by atoms with Crippen LogP contribution in [0.3, 0.4) is 0 Å². The Morgan fingerprint density at radius 2 is 2.31 bits per heavy atom. The molecule has 0 atom stereocenters. The van der Waals surface area contributed by atoms with E-state index in [1.807, 2.05) is 0 Å². The summed E-state index contributed by atoms with van der Waals surface area (Å²) in [5.41, 5.74) is 0.556. The van der Waals surface area contributed by atoms with E-state index < -0.39 is 5.97 Å². The molecule has 0 fully saturated rings. The van der Waals surface area contributed by atoms with Crippen molar-refractivity contribution < 1.29 is 18.8 Å². The number of esters is 1. The highest BCUT2D eigenvalue weighted by Crippen LogP contribution is 2.19. The summed E-state index contributed by atoms with van der Waals surface area (Å²) in [4.78, 5) is 11.2. The fourth-order valence-corrected chi connectivity index (χ4v) is 0.899. The number of hydrogen-bond donors (Lipinski definition) is 0. The van der Waals surface area contributed by atoms with Crippen molar-refractivity contribution in [1.82, 2.24) is 5.16 Å². The van der Waals surface area contributed by atoms with Crippen LogP contribution in [-0.2, 0) is 4.74 Å². The van der Waals surface area contributed by atoms with Crippen LogP contribution in [0.15, 0.2) is 4.52 Å². The van der Waals surface area contributed by atoms with E-state index in [9.17, 15) is 4.79 Å². The van der Waals surface area contributed by atoms with E-state index in [-0.39, 0.29) is 5.76 Å². The van der Waals surface area contributed by atoms with Crippen LogP contribution in [0.2, 0.25) is 0 Å². The van der Waals surface area contributed by atoms with Crippen molar-refractivity contribution in [2.75, 3.05) is 13.7 Å². The Morgan fingerprint density at radius 3 is 2.77 bits per heavy atom. The van der Waals surface area contributed by atoms with Crippen molar-refractivity contribution in [3.63, 3.8) is 0 Å². The number of nitrogens with zero attached hydrogens (tertiary/aromatic N) is 1. The first-order valence-corrected chi connectivity index (χ1v) is 3.88. The van der Waals surface area contributed by atoms with E-state index in [2.05, 4.69) is 5.16 Å². The maximum atomic E-state index is 11.2. The third-order valence-electron chi connectivity index (χ3n) is 1.54. The predicted molar refractivity (Wildman–Crippen MR) is 43.7 cm³/mol. The fraction of sp³-hybridized carbons (Fsp3) is 0.500. The molecule has 1 heterocycles. The van der Waals surface area contributed by atoms with Crippen LogP contribution in [0.1, 0.15) is 23.0 Å². The first-order valence-electron chi connectivity index (χ1n) is 3.88. The lowest BCUT2D eigenvalue weighted by Crippen LogP contribution is -2.04. The smallest absolute Gasteiger partial charge is 0.377 e. The first kappa shape index (κ1) is 9.57. The normalized spacial score (nSPS) is 9.77. The predicted octanol–water partition coefficient (Wildman–Crippen LogP) is 1.17. The number of ether oxygens (including phenoxy) is 2. The van der Waals surface area contributed by atoms with Gasteiger partial charge in [0.05, 0.1) is 19.3 Å². The van der Waals surface area contributed by atoms with Crippen molar-refractivity contribution in [3.8, 4) is 5.88 Å². The third-order valence-corrected chi connectivity index (χ3v) is 1.54. The van der Waals surface area contributed by atoms with Crippen molar-refractivity contribution >= 4 is 5.97 Å². The van der Waals surface area contributed by atoms with Gasteiger partial charge in [0.2, 0.25) is 0 Å². The lowest BCUT2D eigenvalue weighted by molar-refractivity contribution is 0.0478. The summed E-state index contributed by atoms with van der Waals surface area (Å²) in [6.07, 6.45) is 0. The van der Waals surface area contributed by atoms with Gasteiger partial charge in [0.15, 0.2) is 0 Å². The van der Waals surface area contributed by atoms with E-state index in [0.717, 1.165) is 0 Å². The Morgan fingerprint density at radius 1 is 1.62 bits per heavy atom. The monoisotopic (exact) mass is 185 g/mol. The molecular weight excluding hydrogens is 174 g/mol. The molecule has 5 nitrogen and oxygen atoms in total. The number of hydrogen-bond acceptors (Lipinski definition) is 5. The summed E-state index contributed by atoms with van der Waals surface area (Å²) in [6, 6.07) is 0. The second-order valence-corrected chi connectivity index (χ2v) is 2.37. The van der Waals surface area contributed by atoms with E-state index in [0.29, 0.717) is 18.1 Å². The molecule has 1 aromatic heterocycles. The minimum absolute atomic E-state index is 0.0960. The van der Waals surface area contributed by atoms with E-state index in [1.165, 1.54) is 7.11 Å². The zero-order chi connectivity index (χ0) is 9.84. The van der Waals surface area contributed by atoms with Crippen LogP contribution in [0.4, 0.5) is 0 Å². The van der Waals surface area contributed by atoms with Crippen LogP contribution in [0.5, 0.6) is 5.88 Å². The zero-order valence-corrected chi connectivity index (χ0v) is 7.79. The van der Waals surface area contributed by atoms with Crippen molar-refractivity contribution in [3.05, 3.63) is 11.3 Å².